The van der Waals surface area contributed by atoms with Crippen molar-refractivity contribution in [2.75, 3.05) is 0 Å². The number of aryl methyl sites for hydroxylation is 1. The van der Waals surface area contributed by atoms with Crippen LogP contribution in [0.3, 0.4) is 0 Å². The zero-order valence-electron chi connectivity index (χ0n) is 11.7. The Hall–Kier alpha value is -1.32. The molecule has 4 heteroatoms. The standard InChI is InChI=1S/C15H20ClN3/c1-4-19-15(7-8-18-19)13-6-5-12(9-14(13)16)10-17-11(2)3/h5-9,11,17H,4,10H2,1-3H3. The Morgan fingerprint density at radius 2 is 2.11 bits per heavy atom. The third-order valence-corrected chi connectivity index (χ3v) is 3.35. The smallest absolute Gasteiger partial charge is 0.0697 e. The van der Waals surface area contributed by atoms with Crippen LogP contribution in [0.15, 0.2) is 30.5 Å². The summed E-state index contributed by atoms with van der Waals surface area (Å²) in [5, 5.41) is 8.45. The third-order valence-electron chi connectivity index (χ3n) is 3.04. The lowest BCUT2D eigenvalue weighted by Crippen LogP contribution is -2.21. The summed E-state index contributed by atoms with van der Waals surface area (Å²) in [6.45, 7) is 8.02. The molecule has 0 fully saturated rings. The number of nitrogens with zero attached hydrogens (tertiary/aromatic N) is 2. The van der Waals surface area contributed by atoms with Crippen LogP contribution in [0.5, 0.6) is 0 Å². The van der Waals surface area contributed by atoms with E-state index in [0.29, 0.717) is 6.04 Å². The summed E-state index contributed by atoms with van der Waals surface area (Å²) in [7, 11) is 0. The number of aromatic nitrogens is 2. The van der Waals surface area contributed by atoms with Crippen LogP contribution < -0.4 is 5.32 Å². The molecule has 0 aliphatic heterocycles. The Kier molecular flexibility index (Phi) is 4.61. The van der Waals surface area contributed by atoms with Crippen LogP contribution in [-0.2, 0) is 13.1 Å². The van der Waals surface area contributed by atoms with Gasteiger partial charge in [-0.05, 0) is 24.6 Å². The Balaban J connectivity index is 2.24. The molecule has 0 spiro atoms. The minimum Gasteiger partial charge on any atom is -0.310 e. The van der Waals surface area contributed by atoms with Gasteiger partial charge in [-0.15, -0.1) is 0 Å². The van der Waals surface area contributed by atoms with Crippen LogP contribution in [0.1, 0.15) is 26.3 Å². The molecule has 0 saturated carbocycles. The molecule has 0 aliphatic carbocycles. The van der Waals surface area contributed by atoms with Gasteiger partial charge < -0.3 is 5.32 Å². The number of benzene rings is 1. The van der Waals surface area contributed by atoms with E-state index in [1.807, 2.05) is 23.0 Å². The van der Waals surface area contributed by atoms with Gasteiger partial charge in [-0.25, -0.2) is 0 Å². The molecule has 1 heterocycles. The fourth-order valence-corrected chi connectivity index (χ4v) is 2.31. The fourth-order valence-electron chi connectivity index (χ4n) is 2.01. The third kappa shape index (κ3) is 3.37. The van der Waals surface area contributed by atoms with E-state index in [9.17, 15) is 0 Å². The maximum atomic E-state index is 6.40. The molecule has 1 N–H and O–H groups in total. The highest BCUT2D eigenvalue weighted by molar-refractivity contribution is 6.33. The van der Waals surface area contributed by atoms with Gasteiger partial charge in [-0.1, -0.05) is 37.6 Å². The lowest BCUT2D eigenvalue weighted by atomic mass is 10.1. The van der Waals surface area contributed by atoms with Crippen molar-refractivity contribution in [1.29, 1.82) is 0 Å². The van der Waals surface area contributed by atoms with Crippen molar-refractivity contribution >= 4 is 11.6 Å². The molecule has 1 aromatic carbocycles. The molecule has 2 rings (SSSR count). The summed E-state index contributed by atoms with van der Waals surface area (Å²) in [5.41, 5.74) is 3.30. The summed E-state index contributed by atoms with van der Waals surface area (Å²) >= 11 is 6.40. The molecule has 0 saturated heterocycles. The van der Waals surface area contributed by atoms with Gasteiger partial charge in [0.25, 0.3) is 0 Å². The molecule has 0 aliphatic rings. The normalized spacial score (nSPS) is 11.2. The first kappa shape index (κ1) is 14.1. The van der Waals surface area contributed by atoms with E-state index >= 15 is 0 Å². The van der Waals surface area contributed by atoms with Crippen LogP contribution >= 0.6 is 11.6 Å². The van der Waals surface area contributed by atoms with Gasteiger partial charge in [0.05, 0.1) is 10.7 Å². The van der Waals surface area contributed by atoms with E-state index in [4.69, 9.17) is 11.6 Å². The number of hydrogen-bond donors (Lipinski definition) is 1. The minimum absolute atomic E-state index is 0.472. The number of hydrogen-bond acceptors (Lipinski definition) is 2. The van der Waals surface area contributed by atoms with Gasteiger partial charge in [-0.3, -0.25) is 4.68 Å². The molecule has 2 aromatic rings. The summed E-state index contributed by atoms with van der Waals surface area (Å²) in [4.78, 5) is 0. The maximum Gasteiger partial charge on any atom is 0.0697 e. The van der Waals surface area contributed by atoms with Crippen LogP contribution in [0.25, 0.3) is 11.3 Å². The molecule has 102 valence electrons. The van der Waals surface area contributed by atoms with Crippen LogP contribution in [0, 0.1) is 0 Å². The fraction of sp³-hybridized carbons (Fsp3) is 0.400. The second-order valence-electron chi connectivity index (χ2n) is 4.88. The van der Waals surface area contributed by atoms with Crippen molar-refractivity contribution in [2.24, 2.45) is 0 Å². The van der Waals surface area contributed by atoms with E-state index in [2.05, 4.69) is 43.3 Å². The average molecular weight is 278 g/mol. The highest BCUT2D eigenvalue weighted by Crippen LogP contribution is 2.28. The number of nitrogens with one attached hydrogen (secondary N) is 1. The lowest BCUT2D eigenvalue weighted by Gasteiger charge is -2.11. The Morgan fingerprint density at radius 3 is 2.74 bits per heavy atom. The quantitative estimate of drug-likeness (QED) is 0.903. The second kappa shape index (κ2) is 6.22. The van der Waals surface area contributed by atoms with Gasteiger partial charge in [-0.2, -0.15) is 5.10 Å². The molecule has 0 radical (unpaired) electrons. The van der Waals surface area contributed by atoms with Crippen molar-refractivity contribution in [2.45, 2.75) is 39.9 Å². The predicted molar refractivity (Wildman–Crippen MR) is 80.3 cm³/mol. The molecule has 0 unspecified atom stereocenters. The molecule has 1 aromatic heterocycles. The molecule has 0 bridgehead atoms. The van der Waals surface area contributed by atoms with Crippen molar-refractivity contribution < 1.29 is 0 Å². The predicted octanol–water partition coefficient (Wildman–Crippen LogP) is 3.72. The van der Waals surface area contributed by atoms with E-state index in [1.54, 1.807) is 0 Å². The van der Waals surface area contributed by atoms with Crippen molar-refractivity contribution in [3.63, 3.8) is 0 Å². The lowest BCUT2D eigenvalue weighted by molar-refractivity contribution is 0.589. The SMILES string of the molecule is CCn1nccc1-c1ccc(CNC(C)C)cc1Cl. The molecule has 19 heavy (non-hydrogen) atoms. The Labute approximate surface area is 119 Å². The van der Waals surface area contributed by atoms with Gasteiger partial charge in [0, 0.05) is 30.9 Å². The topological polar surface area (TPSA) is 29.9 Å². The summed E-state index contributed by atoms with van der Waals surface area (Å²) in [5.74, 6) is 0. The van der Waals surface area contributed by atoms with E-state index in [0.717, 1.165) is 29.4 Å². The van der Waals surface area contributed by atoms with Crippen LogP contribution in [-0.4, -0.2) is 15.8 Å². The van der Waals surface area contributed by atoms with Crippen molar-refractivity contribution in [3.8, 4) is 11.3 Å². The van der Waals surface area contributed by atoms with E-state index in [1.165, 1.54) is 5.56 Å². The van der Waals surface area contributed by atoms with Crippen molar-refractivity contribution in [1.82, 2.24) is 15.1 Å². The van der Waals surface area contributed by atoms with E-state index in [-0.39, 0.29) is 0 Å². The minimum atomic E-state index is 0.472. The molecule has 0 atom stereocenters. The van der Waals surface area contributed by atoms with Crippen molar-refractivity contribution in [3.05, 3.63) is 41.0 Å². The van der Waals surface area contributed by atoms with Gasteiger partial charge >= 0.3 is 0 Å². The summed E-state index contributed by atoms with van der Waals surface area (Å²) < 4.78 is 1.95. The van der Waals surface area contributed by atoms with Gasteiger partial charge in [0.15, 0.2) is 0 Å². The highest BCUT2D eigenvalue weighted by Gasteiger charge is 2.09. The first-order valence-electron chi connectivity index (χ1n) is 6.65. The monoisotopic (exact) mass is 277 g/mol. The average Bonchev–Trinajstić information content (AvgIpc) is 2.84. The number of halogens is 1. The second-order valence-corrected chi connectivity index (χ2v) is 5.29. The first-order chi connectivity index (χ1) is 9.11. The van der Waals surface area contributed by atoms with Gasteiger partial charge in [0.2, 0.25) is 0 Å². The highest BCUT2D eigenvalue weighted by atomic mass is 35.5. The molecular formula is C15H20ClN3. The molecule has 0 amide bonds. The molecular weight excluding hydrogens is 258 g/mol. The Bertz CT molecular complexity index is 546. The van der Waals surface area contributed by atoms with Crippen LogP contribution in [0.4, 0.5) is 0 Å². The Morgan fingerprint density at radius 1 is 1.32 bits per heavy atom. The van der Waals surface area contributed by atoms with Gasteiger partial charge in [0.1, 0.15) is 0 Å². The summed E-state index contributed by atoms with van der Waals surface area (Å²) in [6.07, 6.45) is 1.81. The maximum absolute atomic E-state index is 6.40. The molecule has 3 nitrogen and oxygen atoms in total. The summed E-state index contributed by atoms with van der Waals surface area (Å²) in [6, 6.07) is 8.68. The number of rotatable bonds is 5. The largest absolute Gasteiger partial charge is 0.310 e. The first-order valence-corrected chi connectivity index (χ1v) is 7.03. The zero-order chi connectivity index (χ0) is 13.8. The van der Waals surface area contributed by atoms with E-state index < -0.39 is 0 Å². The van der Waals surface area contributed by atoms with Crippen LogP contribution in [0.2, 0.25) is 5.02 Å². The zero-order valence-corrected chi connectivity index (χ0v) is 12.4.